The number of carbonyl (C=O) groups is 1. The Morgan fingerprint density at radius 3 is 2.88 bits per heavy atom. The number of hydrogen-bond donors (Lipinski definition) is 3. The summed E-state index contributed by atoms with van der Waals surface area (Å²) in [7, 11) is -1.60. The molecule has 3 heterocycles. The molecule has 7 heteroatoms. The fourth-order valence-electron chi connectivity index (χ4n) is 4.19. The molecule has 6 nitrogen and oxygen atoms in total. The van der Waals surface area contributed by atoms with Crippen LogP contribution in [0.1, 0.15) is 37.2 Å². The van der Waals surface area contributed by atoms with Crippen LogP contribution >= 0.6 is 0 Å². The van der Waals surface area contributed by atoms with Crippen LogP contribution in [-0.2, 0) is 9.53 Å². The number of para-hydroxylation sites is 1. The van der Waals surface area contributed by atoms with Gasteiger partial charge in [-0.25, -0.2) is 0 Å². The zero-order valence-corrected chi connectivity index (χ0v) is 13.4. The van der Waals surface area contributed by atoms with Gasteiger partial charge in [-0.3, -0.25) is 4.79 Å². The number of carbonyl (C=O) groups excluding carboxylic acids is 1. The smallest absolute Gasteiger partial charge is 0.475 e. The number of rotatable bonds is 5. The molecule has 1 aromatic carbocycles. The molecule has 3 N–H and O–H groups in total. The highest BCUT2D eigenvalue weighted by Crippen LogP contribution is 2.39. The Balaban J connectivity index is 1.41. The van der Waals surface area contributed by atoms with Gasteiger partial charge in [-0.2, -0.15) is 0 Å². The summed E-state index contributed by atoms with van der Waals surface area (Å²) in [4.78, 5) is 12.5. The predicted molar refractivity (Wildman–Crippen MR) is 87.4 cm³/mol. The molecule has 24 heavy (non-hydrogen) atoms. The molecule has 1 aromatic rings. The van der Waals surface area contributed by atoms with Crippen LogP contribution in [0, 0.1) is 5.92 Å². The quantitative estimate of drug-likeness (QED) is 0.689. The second kappa shape index (κ2) is 6.39. The van der Waals surface area contributed by atoms with E-state index < -0.39 is 13.1 Å². The number of hydrogen-bond acceptors (Lipinski definition) is 5. The fourth-order valence-corrected chi connectivity index (χ4v) is 4.19. The number of fused-ring (bicyclic) bond motifs is 3. The van der Waals surface area contributed by atoms with E-state index in [1.165, 1.54) is 0 Å². The van der Waals surface area contributed by atoms with Gasteiger partial charge in [0.05, 0.1) is 30.7 Å². The van der Waals surface area contributed by atoms with Gasteiger partial charge in [0.15, 0.2) is 0 Å². The van der Waals surface area contributed by atoms with Crippen LogP contribution in [-0.4, -0.2) is 47.8 Å². The highest BCUT2D eigenvalue weighted by Gasteiger charge is 2.45. The Labute approximate surface area is 141 Å². The zero-order valence-electron chi connectivity index (χ0n) is 13.4. The van der Waals surface area contributed by atoms with Crippen molar-refractivity contribution in [2.24, 2.45) is 5.92 Å². The van der Waals surface area contributed by atoms with E-state index in [2.05, 4.69) is 5.32 Å². The van der Waals surface area contributed by atoms with E-state index in [9.17, 15) is 14.8 Å². The van der Waals surface area contributed by atoms with Crippen molar-refractivity contribution in [2.45, 2.75) is 49.8 Å². The first kappa shape index (κ1) is 15.9. The van der Waals surface area contributed by atoms with E-state index in [0.29, 0.717) is 13.0 Å². The van der Waals surface area contributed by atoms with E-state index in [0.717, 1.165) is 30.6 Å². The predicted octanol–water partition coefficient (Wildman–Crippen LogP) is 0.617. The topological polar surface area (TPSA) is 88.0 Å². The molecule has 3 aliphatic heterocycles. The average Bonchev–Trinajstić information content (AvgIpc) is 3.29. The van der Waals surface area contributed by atoms with Crippen LogP contribution in [0.3, 0.4) is 0 Å². The molecule has 5 atom stereocenters. The van der Waals surface area contributed by atoms with E-state index in [-0.39, 0.29) is 30.0 Å². The lowest BCUT2D eigenvalue weighted by atomic mass is 9.73. The number of benzene rings is 1. The highest BCUT2D eigenvalue weighted by molar-refractivity contribution is 6.43. The molecule has 0 spiro atoms. The van der Waals surface area contributed by atoms with Crippen LogP contribution in [0.2, 0.25) is 0 Å². The van der Waals surface area contributed by atoms with Crippen molar-refractivity contribution in [3.8, 4) is 5.75 Å². The number of nitrogens with one attached hydrogen (secondary N) is 1. The van der Waals surface area contributed by atoms with E-state index in [1.54, 1.807) is 0 Å². The number of ether oxygens (including phenoxy) is 2. The second-order valence-corrected chi connectivity index (χ2v) is 7.03. The maximum atomic E-state index is 12.5. The Morgan fingerprint density at radius 1 is 1.33 bits per heavy atom. The molecule has 0 aromatic heterocycles. The van der Waals surface area contributed by atoms with Gasteiger partial charge < -0.3 is 24.8 Å². The third-order valence-electron chi connectivity index (χ3n) is 5.47. The van der Waals surface area contributed by atoms with Gasteiger partial charge in [0.25, 0.3) is 0 Å². The van der Waals surface area contributed by atoms with Crippen LogP contribution in [0.5, 0.6) is 5.75 Å². The molecule has 0 saturated carbocycles. The average molecular weight is 331 g/mol. The molecule has 0 unspecified atom stereocenters. The maximum absolute atomic E-state index is 12.5. The summed E-state index contributed by atoms with van der Waals surface area (Å²) in [6, 6.07) is 7.75. The second-order valence-electron chi connectivity index (χ2n) is 7.03. The first-order valence-corrected chi connectivity index (χ1v) is 8.65. The monoisotopic (exact) mass is 331 g/mol. The van der Waals surface area contributed by atoms with Crippen molar-refractivity contribution in [1.82, 2.24) is 5.32 Å². The van der Waals surface area contributed by atoms with Crippen LogP contribution < -0.4 is 10.1 Å². The van der Waals surface area contributed by atoms with E-state index in [4.69, 9.17) is 9.47 Å². The molecule has 1 amide bonds. The first-order valence-electron chi connectivity index (χ1n) is 8.65. The molecule has 128 valence electrons. The minimum absolute atomic E-state index is 0.0120. The van der Waals surface area contributed by atoms with Crippen molar-refractivity contribution in [2.75, 3.05) is 6.61 Å². The minimum atomic E-state index is -1.60. The van der Waals surface area contributed by atoms with Crippen molar-refractivity contribution in [1.29, 1.82) is 0 Å². The van der Waals surface area contributed by atoms with E-state index in [1.807, 2.05) is 24.3 Å². The summed E-state index contributed by atoms with van der Waals surface area (Å²) in [5, 5.41) is 22.3. The van der Waals surface area contributed by atoms with E-state index >= 15 is 0 Å². The van der Waals surface area contributed by atoms with Gasteiger partial charge in [0.1, 0.15) is 5.75 Å². The van der Waals surface area contributed by atoms with Gasteiger partial charge in [0, 0.05) is 11.5 Å². The third kappa shape index (κ3) is 2.92. The lowest BCUT2D eigenvalue weighted by molar-refractivity contribution is -0.127. The lowest BCUT2D eigenvalue weighted by Gasteiger charge is -2.24. The minimum Gasteiger partial charge on any atom is -0.493 e. The normalized spacial score (nSPS) is 31.4. The van der Waals surface area contributed by atoms with Crippen molar-refractivity contribution < 1.29 is 24.3 Å². The molecular weight excluding hydrogens is 309 g/mol. The van der Waals surface area contributed by atoms with Gasteiger partial charge in [0.2, 0.25) is 5.91 Å². The Bertz CT molecular complexity index is 625. The fraction of sp³-hybridized carbons (Fsp3) is 0.588. The summed E-state index contributed by atoms with van der Waals surface area (Å²) in [6.45, 7) is 0.496. The van der Waals surface area contributed by atoms with Crippen molar-refractivity contribution in [3.05, 3.63) is 29.8 Å². The maximum Gasteiger partial charge on any atom is 0.475 e. The Morgan fingerprint density at radius 2 is 2.17 bits per heavy atom. The van der Waals surface area contributed by atoms with Gasteiger partial charge in [-0.05, 0) is 31.7 Å². The Kier molecular flexibility index (Phi) is 4.24. The SMILES string of the molecule is O=C(N[C@H](C[C@@H]1COc2ccccc21)B(O)O)[C@H]1C[C@@H]2CC[C@H]1O2. The van der Waals surface area contributed by atoms with Crippen LogP contribution in [0.4, 0.5) is 0 Å². The Hall–Kier alpha value is -1.57. The van der Waals surface area contributed by atoms with Gasteiger partial charge >= 0.3 is 7.12 Å². The van der Waals surface area contributed by atoms with Crippen LogP contribution in [0.25, 0.3) is 0 Å². The largest absolute Gasteiger partial charge is 0.493 e. The lowest BCUT2D eigenvalue weighted by Crippen LogP contribution is -2.50. The van der Waals surface area contributed by atoms with Crippen LogP contribution in [0.15, 0.2) is 24.3 Å². The molecular formula is C17H22BNO5. The van der Waals surface area contributed by atoms with Gasteiger partial charge in [-0.1, -0.05) is 18.2 Å². The summed E-state index contributed by atoms with van der Waals surface area (Å²) in [5.74, 6) is -0.132. The molecule has 4 rings (SSSR count). The van der Waals surface area contributed by atoms with Crippen molar-refractivity contribution in [3.63, 3.8) is 0 Å². The standard InChI is InChI=1S/C17H22BNO5/c20-17(13-8-11-5-6-15(13)24-11)19-16(18(21)22)7-10-9-23-14-4-2-1-3-12(10)14/h1-4,10-11,13,15-16,21-22H,5-9H2,(H,19,20)/t10-,11+,13+,15-,16-/m1/s1. The molecule has 2 fully saturated rings. The molecule has 0 aliphatic carbocycles. The highest BCUT2D eigenvalue weighted by atomic mass is 16.5. The summed E-state index contributed by atoms with van der Waals surface area (Å²) < 4.78 is 11.4. The molecule has 2 saturated heterocycles. The molecule has 0 radical (unpaired) electrons. The molecule has 3 aliphatic rings. The summed E-state index contributed by atoms with van der Waals surface area (Å²) >= 11 is 0. The summed E-state index contributed by atoms with van der Waals surface area (Å²) in [6.07, 6.45) is 3.29. The molecule has 2 bridgehead atoms. The summed E-state index contributed by atoms with van der Waals surface area (Å²) in [5.41, 5.74) is 1.06. The number of amides is 1. The third-order valence-corrected chi connectivity index (χ3v) is 5.47. The zero-order chi connectivity index (χ0) is 16.7. The van der Waals surface area contributed by atoms with Gasteiger partial charge in [-0.15, -0.1) is 0 Å². The van der Waals surface area contributed by atoms with Crippen molar-refractivity contribution >= 4 is 13.0 Å². The first-order chi connectivity index (χ1) is 11.6.